The fourth-order valence-electron chi connectivity index (χ4n) is 5.47. The van der Waals surface area contributed by atoms with Gasteiger partial charge >= 0.3 is 0 Å². The number of rotatable bonds is 5. The molecule has 2 aliphatic rings. The topological polar surface area (TPSA) is 154 Å². The van der Waals surface area contributed by atoms with Crippen molar-refractivity contribution in [1.82, 2.24) is 20.4 Å². The van der Waals surface area contributed by atoms with Crippen LogP contribution in [0.2, 0.25) is 0 Å². The van der Waals surface area contributed by atoms with E-state index < -0.39 is 17.4 Å². The van der Waals surface area contributed by atoms with Crippen LogP contribution in [0.25, 0.3) is 10.1 Å². The molecule has 37 heavy (non-hydrogen) atoms. The highest BCUT2D eigenvalue weighted by atomic mass is 32.1. The summed E-state index contributed by atoms with van der Waals surface area (Å²) in [7, 11) is 0. The number of carbonyl (C=O) groups excluding carboxylic acids is 2. The Kier molecular flexibility index (Phi) is 5.84. The third-order valence-electron chi connectivity index (χ3n) is 7.38. The number of carbonyl (C=O) groups is 2. The van der Waals surface area contributed by atoms with Gasteiger partial charge in [0.05, 0.1) is 27.9 Å². The predicted octanol–water partition coefficient (Wildman–Crippen LogP) is 1.99. The number of piperidine rings is 1. The maximum atomic E-state index is 13.9. The number of anilines is 1. The zero-order valence-electron chi connectivity index (χ0n) is 20.2. The largest absolute Gasteiger partial charge is 0.398 e. The highest BCUT2D eigenvalue weighted by Crippen LogP contribution is 2.49. The summed E-state index contributed by atoms with van der Waals surface area (Å²) in [4.78, 5) is 27.7. The molecule has 4 aromatic rings. The van der Waals surface area contributed by atoms with Crippen molar-refractivity contribution in [3.63, 3.8) is 0 Å². The van der Waals surface area contributed by atoms with E-state index in [0.717, 1.165) is 24.9 Å². The molecule has 3 atom stereocenters. The molecular formula is C27H29N7O2S. The van der Waals surface area contributed by atoms with Gasteiger partial charge in [0.15, 0.2) is 5.78 Å². The first kappa shape index (κ1) is 23.8. The van der Waals surface area contributed by atoms with E-state index in [4.69, 9.17) is 17.2 Å². The maximum absolute atomic E-state index is 13.9. The number of thiophene rings is 1. The molecule has 1 amide bonds. The number of ketones is 1. The van der Waals surface area contributed by atoms with Crippen LogP contribution in [0, 0.1) is 0 Å². The Morgan fingerprint density at radius 1 is 1.22 bits per heavy atom. The molecule has 0 saturated carbocycles. The number of hydrogen-bond donors (Lipinski definition) is 5. The van der Waals surface area contributed by atoms with Gasteiger partial charge < -0.3 is 27.8 Å². The molecule has 0 bridgehead atoms. The molecule has 0 spiro atoms. The number of benzene rings is 2. The van der Waals surface area contributed by atoms with E-state index in [1.807, 2.05) is 36.5 Å². The van der Waals surface area contributed by atoms with Crippen molar-refractivity contribution in [2.45, 2.75) is 37.0 Å². The summed E-state index contributed by atoms with van der Waals surface area (Å²) in [6.45, 7) is 2.19. The number of aromatic nitrogens is 2. The minimum absolute atomic E-state index is 0.0215. The predicted molar refractivity (Wildman–Crippen MR) is 144 cm³/mol. The lowest BCUT2D eigenvalue weighted by Gasteiger charge is -2.35. The van der Waals surface area contributed by atoms with Crippen molar-refractivity contribution < 1.29 is 9.59 Å². The van der Waals surface area contributed by atoms with Gasteiger partial charge in [0, 0.05) is 35.4 Å². The molecule has 1 saturated heterocycles. The van der Waals surface area contributed by atoms with E-state index in [2.05, 4.69) is 15.7 Å². The molecular weight excluding hydrogens is 486 g/mol. The van der Waals surface area contributed by atoms with E-state index in [1.165, 1.54) is 11.3 Å². The Morgan fingerprint density at radius 3 is 2.78 bits per heavy atom. The summed E-state index contributed by atoms with van der Waals surface area (Å²) in [6, 6.07) is 14.1. The van der Waals surface area contributed by atoms with Gasteiger partial charge in [0.25, 0.3) is 5.91 Å². The van der Waals surface area contributed by atoms with Gasteiger partial charge in [0.2, 0.25) is 0 Å². The van der Waals surface area contributed by atoms with Gasteiger partial charge in [-0.15, -0.1) is 11.3 Å². The van der Waals surface area contributed by atoms with Crippen LogP contribution in [0.15, 0.2) is 54.7 Å². The number of nitrogens with one attached hydrogen (secondary N) is 2. The van der Waals surface area contributed by atoms with E-state index in [1.54, 1.807) is 22.9 Å². The standard InChI is InChI=1S/C27H29N7O2S/c28-18-9-8-17-20-21(24(37-23(18)20)26(36)32-16-7-4-11-31-13-16)22(29)25(35)27(17,30)19-10-12-34(33-19)14-15-5-2-1-3-6-15/h1-3,5-6,8-10,12,16,22,31H,4,7,11,13-14,28-30H2,(H,32,36). The van der Waals surface area contributed by atoms with Crippen LogP contribution in [0.1, 0.15) is 50.9 Å². The molecule has 0 radical (unpaired) electrons. The lowest BCUT2D eigenvalue weighted by atomic mass is 9.72. The number of nitrogen functional groups attached to an aromatic ring is 1. The fourth-order valence-corrected chi connectivity index (χ4v) is 6.67. The van der Waals surface area contributed by atoms with Crippen LogP contribution < -0.4 is 27.8 Å². The third kappa shape index (κ3) is 3.84. The highest BCUT2D eigenvalue weighted by molar-refractivity contribution is 7.21. The Hall–Kier alpha value is -3.57. The molecule has 1 aliphatic heterocycles. The zero-order valence-corrected chi connectivity index (χ0v) is 21.1. The Bertz CT molecular complexity index is 1510. The molecule has 2 aromatic heterocycles. The van der Waals surface area contributed by atoms with E-state index in [0.29, 0.717) is 50.6 Å². The SMILES string of the molecule is Nc1ccc2c3c(c(C(=O)NC4CCCNC4)sc13)C(N)C(=O)C2(N)c1ccn(Cc2ccccc2)n1. The average molecular weight is 516 g/mol. The Balaban J connectivity index is 1.43. The number of amides is 1. The molecule has 6 rings (SSSR count). The Morgan fingerprint density at radius 2 is 2.03 bits per heavy atom. The second kappa shape index (κ2) is 9.07. The van der Waals surface area contributed by atoms with Crippen LogP contribution in [0.3, 0.4) is 0 Å². The molecule has 3 heterocycles. The van der Waals surface area contributed by atoms with Crippen LogP contribution in [-0.4, -0.2) is 40.6 Å². The second-order valence-corrected chi connectivity index (χ2v) is 10.8. The molecule has 190 valence electrons. The monoisotopic (exact) mass is 515 g/mol. The fraction of sp³-hybridized carbons (Fsp3) is 0.296. The summed E-state index contributed by atoms with van der Waals surface area (Å²) in [5.74, 6) is -0.641. The summed E-state index contributed by atoms with van der Waals surface area (Å²) in [6.07, 6.45) is 3.70. The minimum atomic E-state index is -1.57. The van der Waals surface area contributed by atoms with Crippen molar-refractivity contribution in [2.75, 3.05) is 18.8 Å². The van der Waals surface area contributed by atoms with E-state index in [-0.39, 0.29) is 11.9 Å². The van der Waals surface area contributed by atoms with Crippen molar-refractivity contribution >= 4 is 38.8 Å². The summed E-state index contributed by atoms with van der Waals surface area (Å²) in [5.41, 5.74) is 21.3. The van der Waals surface area contributed by atoms with Crippen molar-refractivity contribution in [1.29, 1.82) is 0 Å². The van der Waals surface area contributed by atoms with Gasteiger partial charge in [0.1, 0.15) is 5.54 Å². The first-order valence-electron chi connectivity index (χ1n) is 12.4. The molecule has 8 N–H and O–H groups in total. The second-order valence-electron chi connectivity index (χ2n) is 9.80. The summed E-state index contributed by atoms with van der Waals surface area (Å²) in [5, 5.41) is 11.8. The van der Waals surface area contributed by atoms with Crippen LogP contribution in [0.5, 0.6) is 0 Å². The van der Waals surface area contributed by atoms with E-state index in [9.17, 15) is 9.59 Å². The molecule has 1 aliphatic carbocycles. The van der Waals surface area contributed by atoms with Gasteiger partial charge in [-0.3, -0.25) is 14.3 Å². The summed E-state index contributed by atoms with van der Waals surface area (Å²) >= 11 is 1.26. The van der Waals surface area contributed by atoms with Gasteiger partial charge in [-0.25, -0.2) is 0 Å². The van der Waals surface area contributed by atoms with Gasteiger partial charge in [-0.2, -0.15) is 5.10 Å². The zero-order chi connectivity index (χ0) is 25.7. The van der Waals surface area contributed by atoms with Crippen molar-refractivity contribution in [3.8, 4) is 0 Å². The number of Topliss-reactive ketones (excluding diaryl/α,β-unsaturated/α-hetero) is 1. The van der Waals surface area contributed by atoms with Crippen molar-refractivity contribution in [3.05, 3.63) is 82.0 Å². The van der Waals surface area contributed by atoms with E-state index >= 15 is 0 Å². The lowest BCUT2D eigenvalue weighted by molar-refractivity contribution is -0.124. The molecule has 2 aromatic carbocycles. The summed E-state index contributed by atoms with van der Waals surface area (Å²) < 4.78 is 2.47. The first-order valence-corrected chi connectivity index (χ1v) is 13.2. The molecule has 1 fully saturated rings. The normalized spacial score (nSPS) is 23.4. The highest BCUT2D eigenvalue weighted by Gasteiger charge is 2.50. The first-order chi connectivity index (χ1) is 17.9. The van der Waals surface area contributed by atoms with Crippen LogP contribution in [-0.2, 0) is 16.9 Å². The number of nitrogens with zero attached hydrogens (tertiary/aromatic N) is 2. The lowest BCUT2D eigenvalue weighted by Crippen LogP contribution is -2.53. The van der Waals surface area contributed by atoms with Crippen LogP contribution in [0.4, 0.5) is 5.69 Å². The quantitative estimate of drug-likeness (QED) is 0.255. The van der Waals surface area contributed by atoms with Gasteiger partial charge in [-0.05, 0) is 42.6 Å². The minimum Gasteiger partial charge on any atom is -0.398 e. The third-order valence-corrected chi connectivity index (χ3v) is 8.64. The maximum Gasteiger partial charge on any atom is 0.262 e. The smallest absolute Gasteiger partial charge is 0.262 e. The van der Waals surface area contributed by atoms with Gasteiger partial charge in [-0.1, -0.05) is 36.4 Å². The number of hydrogen-bond acceptors (Lipinski definition) is 8. The number of nitrogens with two attached hydrogens (primary N) is 3. The molecule has 9 nitrogen and oxygen atoms in total. The molecule has 3 unspecified atom stereocenters. The van der Waals surface area contributed by atoms with Crippen molar-refractivity contribution in [2.24, 2.45) is 11.5 Å². The average Bonchev–Trinajstić information content (AvgIpc) is 3.54. The van der Waals surface area contributed by atoms with Crippen LogP contribution >= 0.6 is 11.3 Å². The Labute approximate surface area is 218 Å². The molecule has 10 heteroatoms.